The second-order valence-corrected chi connectivity index (χ2v) is 6.31. The summed E-state index contributed by atoms with van der Waals surface area (Å²) in [6.45, 7) is 1.49. The summed E-state index contributed by atoms with van der Waals surface area (Å²) in [5.74, 6) is -0.881. The first-order valence-electron chi connectivity index (χ1n) is 9.06. The molecule has 0 unspecified atom stereocenters. The smallest absolute Gasteiger partial charge is 0.483 e. The predicted molar refractivity (Wildman–Crippen MR) is 100 cm³/mol. The van der Waals surface area contributed by atoms with Crippen LogP contribution in [0.1, 0.15) is 10.4 Å². The van der Waals surface area contributed by atoms with E-state index in [0.717, 1.165) is 12.1 Å². The van der Waals surface area contributed by atoms with Crippen LogP contribution in [0.25, 0.3) is 0 Å². The first-order valence-corrected chi connectivity index (χ1v) is 9.06. The zero-order valence-corrected chi connectivity index (χ0v) is 15.8. The van der Waals surface area contributed by atoms with E-state index in [-0.39, 0.29) is 24.0 Å². The van der Waals surface area contributed by atoms with Crippen molar-refractivity contribution >= 4 is 17.5 Å². The summed E-state index contributed by atoms with van der Waals surface area (Å²) >= 11 is 0. The van der Waals surface area contributed by atoms with E-state index in [0.29, 0.717) is 31.9 Å². The van der Waals surface area contributed by atoms with Gasteiger partial charge in [-0.15, -0.1) is 13.2 Å². The van der Waals surface area contributed by atoms with Crippen LogP contribution in [-0.4, -0.2) is 56.0 Å². The third-order valence-electron chi connectivity index (χ3n) is 4.15. The van der Waals surface area contributed by atoms with Crippen molar-refractivity contribution in [2.75, 3.05) is 38.2 Å². The second kappa shape index (κ2) is 9.49. The van der Waals surface area contributed by atoms with Gasteiger partial charge in [-0.05, 0) is 36.4 Å². The summed E-state index contributed by atoms with van der Waals surface area (Å²) in [4.78, 5) is 26.5. The zero-order chi connectivity index (χ0) is 21.6. The number of halogens is 3. The lowest BCUT2D eigenvalue weighted by Gasteiger charge is -2.27. The van der Waals surface area contributed by atoms with Crippen LogP contribution in [0.3, 0.4) is 0 Å². The molecule has 1 fully saturated rings. The number of para-hydroxylation sites is 1. The van der Waals surface area contributed by atoms with Crippen molar-refractivity contribution in [3.63, 3.8) is 0 Å². The first kappa shape index (κ1) is 21.4. The zero-order valence-electron chi connectivity index (χ0n) is 15.8. The van der Waals surface area contributed by atoms with E-state index in [4.69, 9.17) is 9.47 Å². The number of ether oxygens (including phenoxy) is 3. The van der Waals surface area contributed by atoms with Gasteiger partial charge in [0.2, 0.25) is 0 Å². The van der Waals surface area contributed by atoms with Gasteiger partial charge in [0.05, 0.1) is 18.8 Å². The van der Waals surface area contributed by atoms with Crippen LogP contribution in [0.4, 0.5) is 18.9 Å². The molecular formula is C20H19F3N2O5. The Bertz CT molecular complexity index is 881. The highest BCUT2D eigenvalue weighted by Crippen LogP contribution is 2.24. The summed E-state index contributed by atoms with van der Waals surface area (Å²) in [5.41, 5.74) is 0.608. The van der Waals surface area contributed by atoms with Gasteiger partial charge in [0, 0.05) is 18.8 Å². The maximum atomic E-state index is 12.7. The van der Waals surface area contributed by atoms with Crippen molar-refractivity contribution in [3.8, 4) is 11.5 Å². The Morgan fingerprint density at radius 2 is 1.70 bits per heavy atom. The van der Waals surface area contributed by atoms with Crippen LogP contribution in [0.2, 0.25) is 0 Å². The summed E-state index contributed by atoms with van der Waals surface area (Å²) in [6.07, 6.45) is -4.79. The Kier molecular flexibility index (Phi) is 6.78. The van der Waals surface area contributed by atoms with Crippen LogP contribution in [0.15, 0.2) is 48.5 Å². The fourth-order valence-electron chi connectivity index (χ4n) is 2.79. The standard InChI is InChI=1S/C20H19F3N2O5/c21-20(22,23)30-15-7-5-14(6-8-15)24-18(26)13-29-17-4-2-1-3-16(17)19(27)25-9-11-28-12-10-25/h1-8H,9-13H2,(H,24,26). The molecule has 160 valence electrons. The Hall–Kier alpha value is -3.27. The van der Waals surface area contributed by atoms with Gasteiger partial charge in [0.1, 0.15) is 11.5 Å². The monoisotopic (exact) mass is 424 g/mol. The summed E-state index contributed by atoms with van der Waals surface area (Å²) in [7, 11) is 0. The molecule has 1 heterocycles. The normalized spacial score (nSPS) is 14.2. The number of rotatable bonds is 6. The van der Waals surface area contributed by atoms with Crippen LogP contribution < -0.4 is 14.8 Å². The summed E-state index contributed by atoms with van der Waals surface area (Å²) < 4.78 is 51.1. The molecule has 7 nitrogen and oxygen atoms in total. The topological polar surface area (TPSA) is 77.1 Å². The van der Waals surface area contributed by atoms with Crippen LogP contribution in [-0.2, 0) is 9.53 Å². The van der Waals surface area contributed by atoms with E-state index in [1.807, 2.05) is 0 Å². The summed E-state index contributed by atoms with van der Waals surface area (Å²) in [5, 5.41) is 2.50. The van der Waals surface area contributed by atoms with Crippen molar-refractivity contribution in [3.05, 3.63) is 54.1 Å². The van der Waals surface area contributed by atoms with E-state index >= 15 is 0 Å². The van der Waals surface area contributed by atoms with Gasteiger partial charge in [-0.2, -0.15) is 0 Å². The number of nitrogens with one attached hydrogen (secondary N) is 1. The number of carbonyl (C=O) groups excluding carboxylic acids is 2. The molecule has 10 heteroatoms. The van der Waals surface area contributed by atoms with Crippen LogP contribution in [0, 0.1) is 0 Å². The lowest BCUT2D eigenvalue weighted by atomic mass is 10.1. The van der Waals surface area contributed by atoms with E-state index in [9.17, 15) is 22.8 Å². The number of amides is 2. The van der Waals surface area contributed by atoms with Crippen molar-refractivity contribution in [1.29, 1.82) is 0 Å². The van der Waals surface area contributed by atoms with Gasteiger partial charge in [-0.25, -0.2) is 0 Å². The van der Waals surface area contributed by atoms with Crippen LogP contribution in [0.5, 0.6) is 11.5 Å². The second-order valence-electron chi connectivity index (χ2n) is 6.31. The molecule has 1 aliphatic rings. The minimum absolute atomic E-state index is 0.213. The number of nitrogens with zero attached hydrogens (tertiary/aromatic N) is 1. The van der Waals surface area contributed by atoms with Gasteiger partial charge in [0.15, 0.2) is 6.61 Å². The lowest BCUT2D eigenvalue weighted by Crippen LogP contribution is -2.40. The third-order valence-corrected chi connectivity index (χ3v) is 4.15. The Balaban J connectivity index is 1.56. The molecule has 0 aromatic heterocycles. The Morgan fingerprint density at radius 3 is 2.37 bits per heavy atom. The fraction of sp³-hybridized carbons (Fsp3) is 0.300. The number of hydrogen-bond acceptors (Lipinski definition) is 5. The molecule has 0 aliphatic carbocycles. The largest absolute Gasteiger partial charge is 0.573 e. The third kappa shape index (κ3) is 6.11. The van der Waals surface area contributed by atoms with E-state index in [2.05, 4.69) is 10.1 Å². The SMILES string of the molecule is O=C(COc1ccccc1C(=O)N1CCOCC1)Nc1ccc(OC(F)(F)F)cc1. The molecule has 1 aliphatic heterocycles. The molecule has 0 bridgehead atoms. The highest BCUT2D eigenvalue weighted by atomic mass is 19.4. The Labute approximate surface area is 170 Å². The molecule has 0 spiro atoms. The van der Waals surface area contributed by atoms with Crippen molar-refractivity contribution in [2.45, 2.75) is 6.36 Å². The molecule has 2 amide bonds. The van der Waals surface area contributed by atoms with Crippen LogP contribution >= 0.6 is 0 Å². The van der Waals surface area contributed by atoms with Gasteiger partial charge in [0.25, 0.3) is 11.8 Å². The lowest BCUT2D eigenvalue weighted by molar-refractivity contribution is -0.274. The highest BCUT2D eigenvalue weighted by Gasteiger charge is 2.31. The maximum absolute atomic E-state index is 12.7. The number of carbonyl (C=O) groups is 2. The molecule has 2 aromatic rings. The average Bonchev–Trinajstić information content (AvgIpc) is 2.73. The number of benzene rings is 2. The number of hydrogen-bond donors (Lipinski definition) is 1. The molecule has 0 atom stereocenters. The molecule has 1 N–H and O–H groups in total. The Morgan fingerprint density at radius 1 is 1.03 bits per heavy atom. The minimum Gasteiger partial charge on any atom is -0.483 e. The quantitative estimate of drug-likeness (QED) is 0.771. The van der Waals surface area contributed by atoms with E-state index in [1.54, 1.807) is 29.2 Å². The molecule has 1 saturated heterocycles. The molecule has 30 heavy (non-hydrogen) atoms. The number of anilines is 1. The van der Waals surface area contributed by atoms with Crippen molar-refractivity contribution < 1.29 is 37.0 Å². The highest BCUT2D eigenvalue weighted by molar-refractivity contribution is 5.97. The molecule has 0 saturated carbocycles. The predicted octanol–water partition coefficient (Wildman–Crippen LogP) is 3.08. The molecular weight excluding hydrogens is 405 g/mol. The number of morpholine rings is 1. The summed E-state index contributed by atoms with van der Waals surface area (Å²) in [6, 6.07) is 11.3. The molecule has 0 radical (unpaired) electrons. The number of alkyl halides is 3. The van der Waals surface area contributed by atoms with Crippen molar-refractivity contribution in [2.24, 2.45) is 0 Å². The first-order chi connectivity index (χ1) is 14.3. The van der Waals surface area contributed by atoms with E-state index < -0.39 is 18.0 Å². The molecule has 3 rings (SSSR count). The van der Waals surface area contributed by atoms with Gasteiger partial charge in [-0.1, -0.05) is 12.1 Å². The molecule has 2 aromatic carbocycles. The van der Waals surface area contributed by atoms with E-state index in [1.165, 1.54) is 12.1 Å². The van der Waals surface area contributed by atoms with Gasteiger partial charge < -0.3 is 24.4 Å². The van der Waals surface area contributed by atoms with Gasteiger partial charge >= 0.3 is 6.36 Å². The minimum atomic E-state index is -4.79. The van der Waals surface area contributed by atoms with Crippen molar-refractivity contribution in [1.82, 2.24) is 4.90 Å². The van der Waals surface area contributed by atoms with Gasteiger partial charge in [-0.3, -0.25) is 9.59 Å². The fourth-order valence-corrected chi connectivity index (χ4v) is 2.79. The average molecular weight is 424 g/mol. The maximum Gasteiger partial charge on any atom is 0.573 e.